The molecule has 1 N–H and O–H groups in total. The van der Waals surface area contributed by atoms with Crippen molar-refractivity contribution in [1.82, 2.24) is 14.9 Å². The number of nitrogens with one attached hydrogen (secondary N) is 1. The van der Waals surface area contributed by atoms with Gasteiger partial charge in [-0.15, -0.1) is 0 Å². The molecule has 1 aromatic rings. The highest BCUT2D eigenvalue weighted by Gasteiger charge is 2.34. The van der Waals surface area contributed by atoms with Crippen LogP contribution in [0, 0.1) is 5.92 Å². The lowest BCUT2D eigenvalue weighted by Gasteiger charge is -2.15. The normalized spacial score (nSPS) is 19.7. The summed E-state index contributed by atoms with van der Waals surface area (Å²) in [5, 5.41) is 0. The Hall–Kier alpha value is -1.85. The van der Waals surface area contributed by atoms with E-state index >= 15 is 0 Å². The number of aromatic nitrogens is 2. The van der Waals surface area contributed by atoms with Gasteiger partial charge in [0.05, 0.1) is 19.4 Å². The summed E-state index contributed by atoms with van der Waals surface area (Å²) in [5.74, 6) is -0.600. The zero-order valence-corrected chi connectivity index (χ0v) is 9.68. The second-order valence-corrected chi connectivity index (χ2v) is 4.09. The maximum Gasteiger partial charge on any atom is 0.310 e. The maximum absolute atomic E-state index is 11.7. The Bertz CT molecular complexity index is 402. The Kier molecular flexibility index (Phi) is 3.41. The van der Waals surface area contributed by atoms with Crippen LogP contribution in [0.15, 0.2) is 12.5 Å². The molecule has 1 fully saturated rings. The number of ether oxygens (including phenoxy) is 1. The van der Waals surface area contributed by atoms with Crippen LogP contribution in [0.3, 0.4) is 0 Å². The van der Waals surface area contributed by atoms with E-state index in [0.29, 0.717) is 13.1 Å². The standard InChI is InChI=1S/C11H15N3O3/c1-17-11(16)8-4-10(15)14(6-8)3-2-9-5-12-7-13-9/h5,7-8H,2-4,6H2,1H3,(H,12,13). The van der Waals surface area contributed by atoms with Crippen LogP contribution in [-0.4, -0.2) is 46.9 Å². The summed E-state index contributed by atoms with van der Waals surface area (Å²) >= 11 is 0. The Labute approximate surface area is 99.0 Å². The average Bonchev–Trinajstić information content (AvgIpc) is 2.95. The van der Waals surface area contributed by atoms with Gasteiger partial charge in [-0.2, -0.15) is 0 Å². The summed E-state index contributed by atoms with van der Waals surface area (Å²) in [6.45, 7) is 1.06. The molecule has 1 aromatic heterocycles. The highest BCUT2D eigenvalue weighted by Crippen LogP contribution is 2.19. The van der Waals surface area contributed by atoms with Gasteiger partial charge in [0.15, 0.2) is 0 Å². The molecule has 6 heteroatoms. The van der Waals surface area contributed by atoms with Crippen molar-refractivity contribution in [2.45, 2.75) is 12.8 Å². The number of hydrogen-bond acceptors (Lipinski definition) is 4. The number of amides is 1. The van der Waals surface area contributed by atoms with Crippen LogP contribution in [0.25, 0.3) is 0 Å². The number of carbonyl (C=O) groups excluding carboxylic acids is 2. The number of nitrogens with zero attached hydrogens (tertiary/aromatic N) is 2. The highest BCUT2D eigenvalue weighted by atomic mass is 16.5. The van der Waals surface area contributed by atoms with Crippen molar-refractivity contribution >= 4 is 11.9 Å². The van der Waals surface area contributed by atoms with Gasteiger partial charge in [0, 0.05) is 37.8 Å². The number of rotatable bonds is 4. The first-order valence-electron chi connectivity index (χ1n) is 5.53. The van der Waals surface area contributed by atoms with Gasteiger partial charge in [0.1, 0.15) is 0 Å². The fourth-order valence-corrected chi connectivity index (χ4v) is 1.99. The summed E-state index contributed by atoms with van der Waals surface area (Å²) in [7, 11) is 1.35. The van der Waals surface area contributed by atoms with Gasteiger partial charge in [-0.25, -0.2) is 4.98 Å². The van der Waals surface area contributed by atoms with E-state index in [2.05, 4.69) is 14.7 Å². The number of hydrogen-bond donors (Lipinski definition) is 1. The smallest absolute Gasteiger partial charge is 0.310 e. The molecule has 2 heterocycles. The summed E-state index contributed by atoms with van der Waals surface area (Å²) in [6.07, 6.45) is 4.33. The molecule has 1 aliphatic rings. The maximum atomic E-state index is 11.7. The van der Waals surface area contributed by atoms with Crippen molar-refractivity contribution in [3.63, 3.8) is 0 Å². The molecule has 1 atom stereocenters. The average molecular weight is 237 g/mol. The van der Waals surface area contributed by atoms with Crippen LogP contribution in [0.1, 0.15) is 12.1 Å². The van der Waals surface area contributed by atoms with Gasteiger partial charge in [-0.1, -0.05) is 0 Å². The van der Waals surface area contributed by atoms with Crippen molar-refractivity contribution in [3.8, 4) is 0 Å². The Morgan fingerprint density at radius 2 is 2.53 bits per heavy atom. The predicted octanol–water partition coefficient (Wildman–Crippen LogP) is -0.0263. The van der Waals surface area contributed by atoms with Gasteiger partial charge in [0.2, 0.25) is 5.91 Å². The molecule has 1 aliphatic heterocycles. The van der Waals surface area contributed by atoms with E-state index in [1.807, 2.05) is 0 Å². The first-order chi connectivity index (χ1) is 8.20. The molecule has 0 spiro atoms. The molecule has 1 saturated heterocycles. The van der Waals surface area contributed by atoms with Gasteiger partial charge in [-0.05, 0) is 0 Å². The molecular formula is C11H15N3O3. The van der Waals surface area contributed by atoms with E-state index in [0.717, 1.165) is 12.1 Å². The van der Waals surface area contributed by atoms with Crippen LogP contribution >= 0.6 is 0 Å². The minimum absolute atomic E-state index is 0.0138. The first-order valence-corrected chi connectivity index (χ1v) is 5.53. The number of imidazole rings is 1. The Morgan fingerprint density at radius 3 is 3.18 bits per heavy atom. The lowest BCUT2D eigenvalue weighted by atomic mass is 10.1. The van der Waals surface area contributed by atoms with Gasteiger partial charge >= 0.3 is 5.97 Å². The van der Waals surface area contributed by atoms with Crippen molar-refractivity contribution in [2.75, 3.05) is 20.2 Å². The first kappa shape index (κ1) is 11.6. The fraction of sp³-hybridized carbons (Fsp3) is 0.545. The molecule has 92 valence electrons. The second kappa shape index (κ2) is 4.99. The van der Waals surface area contributed by atoms with E-state index in [-0.39, 0.29) is 24.2 Å². The number of likely N-dealkylation sites (tertiary alicyclic amines) is 1. The number of carbonyl (C=O) groups is 2. The van der Waals surface area contributed by atoms with E-state index in [1.165, 1.54) is 7.11 Å². The fourth-order valence-electron chi connectivity index (χ4n) is 1.99. The summed E-state index contributed by atoms with van der Waals surface area (Å²) in [6, 6.07) is 0. The second-order valence-electron chi connectivity index (χ2n) is 4.09. The Morgan fingerprint density at radius 1 is 1.71 bits per heavy atom. The molecular weight excluding hydrogens is 222 g/mol. The molecule has 0 bridgehead atoms. The zero-order chi connectivity index (χ0) is 12.3. The Balaban J connectivity index is 1.86. The zero-order valence-electron chi connectivity index (χ0n) is 9.68. The number of aromatic amines is 1. The van der Waals surface area contributed by atoms with Crippen molar-refractivity contribution in [1.29, 1.82) is 0 Å². The van der Waals surface area contributed by atoms with Crippen LogP contribution in [0.5, 0.6) is 0 Å². The molecule has 17 heavy (non-hydrogen) atoms. The molecule has 1 amide bonds. The number of H-pyrrole nitrogens is 1. The largest absolute Gasteiger partial charge is 0.469 e. The van der Waals surface area contributed by atoms with E-state index in [1.54, 1.807) is 17.4 Å². The van der Waals surface area contributed by atoms with Crippen LogP contribution in [-0.2, 0) is 20.7 Å². The van der Waals surface area contributed by atoms with Crippen molar-refractivity contribution in [3.05, 3.63) is 18.2 Å². The molecule has 0 saturated carbocycles. The van der Waals surface area contributed by atoms with Crippen molar-refractivity contribution in [2.24, 2.45) is 5.92 Å². The van der Waals surface area contributed by atoms with E-state index < -0.39 is 0 Å². The lowest BCUT2D eigenvalue weighted by Crippen LogP contribution is -2.28. The van der Waals surface area contributed by atoms with Crippen LogP contribution in [0.4, 0.5) is 0 Å². The van der Waals surface area contributed by atoms with Crippen LogP contribution < -0.4 is 0 Å². The minimum Gasteiger partial charge on any atom is -0.469 e. The number of methoxy groups -OCH3 is 1. The topological polar surface area (TPSA) is 75.3 Å². The SMILES string of the molecule is COC(=O)C1CC(=O)N(CCc2cnc[nH]2)C1. The minimum atomic E-state index is -0.311. The summed E-state index contributed by atoms with van der Waals surface area (Å²) in [4.78, 5) is 31.6. The van der Waals surface area contributed by atoms with E-state index in [4.69, 9.17) is 0 Å². The third-order valence-electron chi connectivity index (χ3n) is 2.95. The predicted molar refractivity (Wildman–Crippen MR) is 59.0 cm³/mol. The van der Waals surface area contributed by atoms with E-state index in [9.17, 15) is 9.59 Å². The lowest BCUT2D eigenvalue weighted by molar-refractivity contribution is -0.145. The quantitative estimate of drug-likeness (QED) is 0.746. The molecule has 2 rings (SSSR count). The third kappa shape index (κ3) is 2.64. The molecule has 6 nitrogen and oxygen atoms in total. The van der Waals surface area contributed by atoms with Crippen LogP contribution in [0.2, 0.25) is 0 Å². The monoisotopic (exact) mass is 237 g/mol. The van der Waals surface area contributed by atoms with Gasteiger partial charge in [0.25, 0.3) is 0 Å². The molecule has 0 radical (unpaired) electrons. The third-order valence-corrected chi connectivity index (χ3v) is 2.95. The number of esters is 1. The summed E-state index contributed by atoms with van der Waals surface area (Å²) in [5.41, 5.74) is 0.985. The van der Waals surface area contributed by atoms with Gasteiger partial charge in [-0.3, -0.25) is 9.59 Å². The molecule has 1 unspecified atom stereocenters. The van der Waals surface area contributed by atoms with Gasteiger partial charge < -0.3 is 14.6 Å². The molecule has 0 aliphatic carbocycles. The summed E-state index contributed by atoms with van der Waals surface area (Å²) < 4.78 is 4.65. The van der Waals surface area contributed by atoms with Crippen molar-refractivity contribution < 1.29 is 14.3 Å². The molecule has 0 aromatic carbocycles. The highest BCUT2D eigenvalue weighted by molar-refractivity contribution is 5.86.